The minimum atomic E-state index is -0.382. The monoisotopic (exact) mass is 449 g/mol. The third-order valence-electron chi connectivity index (χ3n) is 5.28. The van der Waals surface area contributed by atoms with E-state index in [1.807, 2.05) is 42.7 Å². The molecule has 0 radical (unpaired) electrons. The predicted octanol–water partition coefficient (Wildman–Crippen LogP) is 3.92. The van der Waals surface area contributed by atoms with Crippen molar-refractivity contribution in [2.24, 2.45) is 5.92 Å². The standard InChI is InChI=1S/C24H23N3O4S/c1-32-20-5-2-4-19(13-20)27-15-17(12-22(27)28)23(29)25-14-16-7-9-18(10-8-16)26-24(30)21-6-3-11-31-21/h2-11,13,17H,12,14-15H2,1H3,(H,25,29)(H,26,30)/t17-/m0/s1. The molecule has 0 spiro atoms. The molecule has 2 aromatic carbocycles. The number of anilines is 2. The number of furan rings is 1. The van der Waals surface area contributed by atoms with E-state index in [0.29, 0.717) is 18.8 Å². The smallest absolute Gasteiger partial charge is 0.291 e. The van der Waals surface area contributed by atoms with Gasteiger partial charge in [0.05, 0.1) is 12.2 Å². The molecule has 2 N–H and O–H groups in total. The fourth-order valence-electron chi connectivity index (χ4n) is 3.55. The van der Waals surface area contributed by atoms with E-state index in [1.165, 1.54) is 6.26 Å². The molecule has 164 valence electrons. The first-order valence-corrected chi connectivity index (χ1v) is 11.4. The molecular formula is C24H23N3O4S. The van der Waals surface area contributed by atoms with E-state index in [1.54, 1.807) is 40.9 Å². The van der Waals surface area contributed by atoms with E-state index in [0.717, 1.165) is 16.1 Å². The molecule has 2 heterocycles. The quantitative estimate of drug-likeness (QED) is 0.534. The second kappa shape index (κ2) is 9.74. The maximum atomic E-state index is 12.6. The lowest BCUT2D eigenvalue weighted by Crippen LogP contribution is -2.32. The van der Waals surface area contributed by atoms with E-state index < -0.39 is 0 Å². The molecule has 1 atom stereocenters. The van der Waals surface area contributed by atoms with Crippen molar-refractivity contribution in [3.05, 3.63) is 78.3 Å². The summed E-state index contributed by atoms with van der Waals surface area (Å²) in [7, 11) is 0. The van der Waals surface area contributed by atoms with Crippen LogP contribution in [0.3, 0.4) is 0 Å². The third kappa shape index (κ3) is 5.03. The van der Waals surface area contributed by atoms with Gasteiger partial charge < -0.3 is 20.0 Å². The molecular weight excluding hydrogens is 426 g/mol. The van der Waals surface area contributed by atoms with Crippen LogP contribution in [0.15, 0.2) is 76.2 Å². The molecule has 1 fully saturated rings. The average Bonchev–Trinajstić information content (AvgIpc) is 3.49. The van der Waals surface area contributed by atoms with Gasteiger partial charge in [-0.3, -0.25) is 14.4 Å². The van der Waals surface area contributed by atoms with Crippen LogP contribution in [-0.4, -0.2) is 30.5 Å². The van der Waals surface area contributed by atoms with Crippen LogP contribution in [0.1, 0.15) is 22.5 Å². The molecule has 1 aromatic heterocycles. The molecule has 0 aliphatic carbocycles. The summed E-state index contributed by atoms with van der Waals surface area (Å²) in [6.45, 7) is 0.720. The Morgan fingerprint density at radius 2 is 1.94 bits per heavy atom. The Morgan fingerprint density at radius 3 is 2.66 bits per heavy atom. The predicted molar refractivity (Wildman–Crippen MR) is 124 cm³/mol. The van der Waals surface area contributed by atoms with Gasteiger partial charge in [0.1, 0.15) is 0 Å². The average molecular weight is 450 g/mol. The van der Waals surface area contributed by atoms with Crippen LogP contribution in [-0.2, 0) is 16.1 Å². The van der Waals surface area contributed by atoms with E-state index in [-0.39, 0.29) is 35.8 Å². The minimum absolute atomic E-state index is 0.0416. The minimum Gasteiger partial charge on any atom is -0.459 e. The van der Waals surface area contributed by atoms with Crippen molar-refractivity contribution in [2.75, 3.05) is 23.0 Å². The number of hydrogen-bond donors (Lipinski definition) is 2. The van der Waals surface area contributed by atoms with Crippen molar-refractivity contribution in [1.82, 2.24) is 5.32 Å². The molecule has 0 saturated carbocycles. The molecule has 8 heteroatoms. The Labute approximate surface area is 190 Å². The lowest BCUT2D eigenvalue weighted by Gasteiger charge is -2.17. The number of thioether (sulfide) groups is 1. The first kappa shape index (κ1) is 21.7. The van der Waals surface area contributed by atoms with Crippen LogP contribution in [0.2, 0.25) is 0 Å². The molecule has 7 nitrogen and oxygen atoms in total. The number of hydrogen-bond acceptors (Lipinski definition) is 5. The second-order valence-electron chi connectivity index (χ2n) is 7.45. The van der Waals surface area contributed by atoms with Crippen molar-refractivity contribution in [3.63, 3.8) is 0 Å². The number of rotatable bonds is 7. The summed E-state index contributed by atoms with van der Waals surface area (Å²) in [6, 6.07) is 18.2. The van der Waals surface area contributed by atoms with Crippen molar-refractivity contribution in [2.45, 2.75) is 17.9 Å². The molecule has 3 amide bonds. The number of benzene rings is 2. The van der Waals surface area contributed by atoms with Crippen molar-refractivity contribution in [1.29, 1.82) is 0 Å². The van der Waals surface area contributed by atoms with Gasteiger partial charge in [0, 0.05) is 35.8 Å². The van der Waals surface area contributed by atoms with Gasteiger partial charge in [0.15, 0.2) is 5.76 Å². The Bertz CT molecular complexity index is 1110. The van der Waals surface area contributed by atoms with Gasteiger partial charge in [-0.15, -0.1) is 11.8 Å². The van der Waals surface area contributed by atoms with Gasteiger partial charge in [0.2, 0.25) is 11.8 Å². The largest absolute Gasteiger partial charge is 0.459 e. The molecule has 32 heavy (non-hydrogen) atoms. The van der Waals surface area contributed by atoms with Gasteiger partial charge in [0.25, 0.3) is 5.91 Å². The number of amides is 3. The highest BCUT2D eigenvalue weighted by molar-refractivity contribution is 7.98. The zero-order valence-electron chi connectivity index (χ0n) is 17.5. The molecule has 1 saturated heterocycles. The highest BCUT2D eigenvalue weighted by Gasteiger charge is 2.35. The van der Waals surface area contributed by atoms with Gasteiger partial charge in [-0.2, -0.15) is 0 Å². The van der Waals surface area contributed by atoms with Crippen molar-refractivity contribution < 1.29 is 18.8 Å². The maximum Gasteiger partial charge on any atom is 0.291 e. The fourth-order valence-corrected chi connectivity index (χ4v) is 4.00. The zero-order chi connectivity index (χ0) is 22.5. The van der Waals surface area contributed by atoms with Crippen LogP contribution in [0, 0.1) is 5.92 Å². The molecule has 1 aliphatic heterocycles. The summed E-state index contributed by atoms with van der Waals surface area (Å²) in [5, 5.41) is 5.66. The van der Waals surface area contributed by atoms with Crippen molar-refractivity contribution in [3.8, 4) is 0 Å². The van der Waals surface area contributed by atoms with Gasteiger partial charge in [-0.1, -0.05) is 18.2 Å². The highest BCUT2D eigenvalue weighted by Crippen LogP contribution is 2.28. The Hall–Kier alpha value is -3.52. The molecule has 0 bridgehead atoms. The van der Waals surface area contributed by atoms with Crippen LogP contribution in [0.25, 0.3) is 0 Å². The number of nitrogens with one attached hydrogen (secondary N) is 2. The van der Waals surface area contributed by atoms with Crippen LogP contribution in [0.5, 0.6) is 0 Å². The summed E-state index contributed by atoms with van der Waals surface area (Å²) >= 11 is 1.61. The lowest BCUT2D eigenvalue weighted by molar-refractivity contribution is -0.126. The summed E-state index contributed by atoms with van der Waals surface area (Å²) < 4.78 is 5.07. The Morgan fingerprint density at radius 1 is 1.12 bits per heavy atom. The van der Waals surface area contributed by atoms with Gasteiger partial charge >= 0.3 is 0 Å². The first-order valence-electron chi connectivity index (χ1n) is 10.2. The number of carbonyl (C=O) groups is 3. The molecule has 0 unspecified atom stereocenters. The van der Waals surface area contributed by atoms with Crippen molar-refractivity contribution >= 4 is 40.9 Å². The fraction of sp³-hybridized carbons (Fsp3) is 0.208. The third-order valence-corrected chi connectivity index (χ3v) is 6.01. The normalized spacial score (nSPS) is 15.6. The summed E-state index contributed by atoms with van der Waals surface area (Å²) in [5.74, 6) is -0.652. The van der Waals surface area contributed by atoms with E-state index in [2.05, 4.69) is 10.6 Å². The number of carbonyl (C=O) groups excluding carboxylic acids is 3. The Balaban J connectivity index is 1.30. The molecule has 1 aliphatic rings. The van der Waals surface area contributed by atoms with Gasteiger partial charge in [-0.05, 0) is 54.3 Å². The van der Waals surface area contributed by atoms with Crippen LogP contribution in [0.4, 0.5) is 11.4 Å². The van der Waals surface area contributed by atoms with Crippen LogP contribution >= 0.6 is 11.8 Å². The lowest BCUT2D eigenvalue weighted by atomic mass is 10.1. The Kier molecular flexibility index (Phi) is 6.61. The molecule has 3 aromatic rings. The summed E-state index contributed by atoms with van der Waals surface area (Å²) in [4.78, 5) is 39.9. The highest BCUT2D eigenvalue weighted by atomic mass is 32.2. The van der Waals surface area contributed by atoms with Crippen LogP contribution < -0.4 is 15.5 Å². The maximum absolute atomic E-state index is 12.6. The van der Waals surface area contributed by atoms with E-state index in [9.17, 15) is 14.4 Å². The summed E-state index contributed by atoms with van der Waals surface area (Å²) in [6.07, 6.45) is 3.63. The zero-order valence-corrected chi connectivity index (χ0v) is 18.4. The molecule has 4 rings (SSSR count). The SMILES string of the molecule is CSc1cccc(N2C[C@@H](C(=O)NCc3ccc(NC(=O)c4ccco4)cc3)CC2=O)c1. The second-order valence-corrected chi connectivity index (χ2v) is 8.33. The van der Waals surface area contributed by atoms with E-state index >= 15 is 0 Å². The first-order chi connectivity index (χ1) is 15.5. The van der Waals surface area contributed by atoms with Gasteiger partial charge in [-0.25, -0.2) is 0 Å². The topological polar surface area (TPSA) is 91.7 Å². The summed E-state index contributed by atoms with van der Waals surface area (Å²) in [5.41, 5.74) is 2.35. The number of nitrogens with zero attached hydrogens (tertiary/aromatic N) is 1. The van der Waals surface area contributed by atoms with E-state index in [4.69, 9.17) is 4.42 Å².